The zero-order valence-electron chi connectivity index (χ0n) is 25.8. The summed E-state index contributed by atoms with van der Waals surface area (Å²) in [7, 11) is -1.46. The molecule has 0 unspecified atom stereocenters. The molecule has 2 heterocycles. The van der Waals surface area contributed by atoms with Gasteiger partial charge in [0.1, 0.15) is 5.76 Å². The summed E-state index contributed by atoms with van der Waals surface area (Å²) in [6.45, 7) is 22.4. The normalized spacial score (nSPS) is 12.5. The Morgan fingerprint density at radius 3 is 2.10 bits per heavy atom. The number of para-hydroxylation sites is 1. The number of rotatable bonds is 3. The van der Waals surface area contributed by atoms with Crippen LogP contribution in [0.15, 0.2) is 60.6 Å². The molecule has 0 saturated carbocycles. The Morgan fingerprint density at radius 1 is 0.900 bits per heavy atom. The van der Waals surface area contributed by atoms with Crippen molar-refractivity contribution in [2.45, 2.75) is 75.0 Å². The van der Waals surface area contributed by atoms with Crippen molar-refractivity contribution in [2.75, 3.05) is 0 Å². The van der Waals surface area contributed by atoms with Crippen molar-refractivity contribution in [3.63, 3.8) is 0 Å². The fourth-order valence-electron chi connectivity index (χ4n) is 4.27. The van der Waals surface area contributed by atoms with Crippen molar-refractivity contribution >= 4 is 40.7 Å². The number of aliphatic hydroxyl groups excluding tert-OH is 1. The van der Waals surface area contributed by atoms with Gasteiger partial charge in [0.25, 0.3) is 0 Å². The summed E-state index contributed by atoms with van der Waals surface area (Å²) in [4.78, 5) is 21.0. The minimum absolute atomic E-state index is 0. The largest absolute Gasteiger partial charge is 0.512 e. The zero-order chi connectivity index (χ0) is 29.3. The second-order valence-corrected chi connectivity index (χ2v) is 18.5. The fourth-order valence-corrected chi connectivity index (χ4v) is 5.77. The molecule has 0 saturated heterocycles. The van der Waals surface area contributed by atoms with E-state index in [0.717, 1.165) is 27.7 Å². The van der Waals surface area contributed by atoms with Crippen LogP contribution in [0.25, 0.3) is 32.9 Å². The van der Waals surface area contributed by atoms with E-state index in [-0.39, 0.29) is 37.1 Å². The Labute approximate surface area is 254 Å². The molecule has 0 aliphatic carbocycles. The molecule has 215 valence electrons. The SMILES string of the molecule is CC(C)(C)C(=O)/C=C(\O)C(C)(C)C.Cc1[c-]c(-c2nccc3c2cnc2c([Si](C)(C)C)cccc23)cc(C)c1.[Ir]. The molecule has 4 nitrogen and oxygen atoms in total. The van der Waals surface area contributed by atoms with Gasteiger partial charge in [0, 0.05) is 54.8 Å². The van der Waals surface area contributed by atoms with Gasteiger partial charge in [0.15, 0.2) is 5.78 Å². The van der Waals surface area contributed by atoms with E-state index < -0.39 is 13.5 Å². The number of allylic oxidation sites excluding steroid dienone is 2. The standard InChI is InChI=1S/C23H23N2Si.C11H20O2.Ir/c1-15-11-16(2)13-17(12-15)22-20-14-25-23-19(18(20)9-10-24-22)7-6-8-21(23)26(3,4)5;1-10(2,3)8(12)7-9(13)11(4,5)6;/h6-12,14H,1-5H3;7,12H,1-6H3;/q-1;;/b;8-7-;. The fraction of sp³-hybridized carbons (Fsp3) is 0.382. The van der Waals surface area contributed by atoms with E-state index in [0.29, 0.717) is 0 Å². The van der Waals surface area contributed by atoms with E-state index in [4.69, 9.17) is 4.98 Å². The molecule has 2 aromatic carbocycles. The van der Waals surface area contributed by atoms with E-state index in [1.54, 1.807) is 0 Å². The monoisotopic (exact) mass is 732 g/mol. The van der Waals surface area contributed by atoms with Gasteiger partial charge < -0.3 is 10.1 Å². The van der Waals surface area contributed by atoms with Gasteiger partial charge in [-0.3, -0.25) is 9.78 Å². The third-order valence-electron chi connectivity index (χ3n) is 6.63. The van der Waals surface area contributed by atoms with Crippen molar-refractivity contribution in [3.8, 4) is 11.3 Å². The summed E-state index contributed by atoms with van der Waals surface area (Å²) in [5, 5.41) is 14.5. The van der Waals surface area contributed by atoms with Gasteiger partial charge in [-0.1, -0.05) is 93.2 Å². The molecule has 2 aromatic heterocycles. The number of ketones is 1. The van der Waals surface area contributed by atoms with Gasteiger partial charge in [-0.15, -0.1) is 34.9 Å². The number of aliphatic hydroxyl groups is 1. The first-order valence-corrected chi connectivity index (χ1v) is 17.0. The molecule has 0 spiro atoms. The van der Waals surface area contributed by atoms with Crippen molar-refractivity contribution < 1.29 is 30.0 Å². The van der Waals surface area contributed by atoms with Gasteiger partial charge in [-0.05, 0) is 27.7 Å². The Kier molecular flexibility index (Phi) is 10.5. The van der Waals surface area contributed by atoms with E-state index in [2.05, 4.69) is 80.9 Å². The predicted molar refractivity (Wildman–Crippen MR) is 168 cm³/mol. The van der Waals surface area contributed by atoms with Gasteiger partial charge in [-0.2, -0.15) is 0 Å². The molecule has 1 radical (unpaired) electrons. The number of hydrogen-bond donors (Lipinski definition) is 1. The molecule has 40 heavy (non-hydrogen) atoms. The number of nitrogens with zero attached hydrogens (tertiary/aromatic N) is 2. The van der Waals surface area contributed by atoms with Crippen molar-refractivity contribution in [2.24, 2.45) is 10.8 Å². The summed E-state index contributed by atoms with van der Waals surface area (Å²) in [6, 6.07) is 16.5. The van der Waals surface area contributed by atoms with Gasteiger partial charge in [-0.25, -0.2) is 0 Å². The maximum Gasteiger partial charge on any atom is 0.164 e. The van der Waals surface area contributed by atoms with Crippen LogP contribution in [0.1, 0.15) is 52.7 Å². The van der Waals surface area contributed by atoms with Crippen LogP contribution in [0.4, 0.5) is 0 Å². The predicted octanol–water partition coefficient (Wildman–Crippen LogP) is 8.50. The third kappa shape index (κ3) is 7.96. The van der Waals surface area contributed by atoms with Crippen LogP contribution in [0, 0.1) is 30.7 Å². The molecular weight excluding hydrogens is 689 g/mol. The Bertz CT molecular complexity index is 1530. The molecule has 0 amide bonds. The second-order valence-electron chi connectivity index (χ2n) is 13.5. The Balaban J connectivity index is 0.000000344. The number of fused-ring (bicyclic) bond motifs is 3. The van der Waals surface area contributed by atoms with Crippen molar-refractivity contribution in [3.05, 3.63) is 77.8 Å². The summed E-state index contributed by atoms with van der Waals surface area (Å²) < 4.78 is 0. The number of benzene rings is 2. The van der Waals surface area contributed by atoms with Crippen LogP contribution < -0.4 is 5.19 Å². The first kappa shape index (κ1) is 33.5. The molecule has 4 rings (SSSR count). The molecule has 0 fully saturated rings. The van der Waals surface area contributed by atoms with Crippen LogP contribution in [0.2, 0.25) is 19.6 Å². The summed E-state index contributed by atoms with van der Waals surface area (Å²) in [5.41, 5.74) is 4.73. The van der Waals surface area contributed by atoms with E-state index >= 15 is 0 Å². The first-order valence-electron chi connectivity index (χ1n) is 13.5. The third-order valence-corrected chi connectivity index (χ3v) is 8.65. The number of aryl methyl sites for hydroxylation is 2. The average molecular weight is 732 g/mol. The number of carbonyl (C=O) groups is 1. The van der Waals surface area contributed by atoms with E-state index in [9.17, 15) is 9.90 Å². The quantitative estimate of drug-likeness (QED) is 0.0755. The molecule has 0 atom stereocenters. The smallest absolute Gasteiger partial charge is 0.164 e. The molecule has 6 heteroatoms. The van der Waals surface area contributed by atoms with Crippen LogP contribution in [0.3, 0.4) is 0 Å². The second kappa shape index (κ2) is 12.5. The molecule has 1 N–H and O–H groups in total. The first-order chi connectivity index (χ1) is 17.9. The molecule has 0 aliphatic heterocycles. The molecule has 0 aliphatic rings. The summed E-state index contributed by atoms with van der Waals surface area (Å²) in [6.07, 6.45) is 5.24. The van der Waals surface area contributed by atoms with Crippen molar-refractivity contribution in [1.29, 1.82) is 0 Å². The minimum Gasteiger partial charge on any atom is -0.512 e. The molecular formula is C34H43IrN2O2Si-. The van der Waals surface area contributed by atoms with E-state index in [1.165, 1.54) is 27.6 Å². The van der Waals surface area contributed by atoms with Crippen LogP contribution in [-0.2, 0) is 24.9 Å². The average Bonchev–Trinajstić information content (AvgIpc) is 2.81. The van der Waals surface area contributed by atoms with Crippen molar-refractivity contribution in [1.82, 2.24) is 9.97 Å². The topological polar surface area (TPSA) is 63.1 Å². The summed E-state index contributed by atoms with van der Waals surface area (Å²) in [5.74, 6) is 0.104. The molecule has 0 bridgehead atoms. The maximum absolute atomic E-state index is 11.5. The van der Waals surface area contributed by atoms with E-state index in [1.807, 2.05) is 53.9 Å². The van der Waals surface area contributed by atoms with Gasteiger partial charge in [0.2, 0.25) is 0 Å². The maximum atomic E-state index is 11.5. The number of carbonyl (C=O) groups excluding carboxylic acids is 1. The van der Waals surface area contributed by atoms with Crippen LogP contribution >= 0.6 is 0 Å². The summed E-state index contributed by atoms with van der Waals surface area (Å²) >= 11 is 0. The Hall–Kier alpha value is -2.66. The van der Waals surface area contributed by atoms with Crippen LogP contribution in [-0.4, -0.2) is 28.9 Å². The van der Waals surface area contributed by atoms with Gasteiger partial charge >= 0.3 is 0 Å². The number of aromatic nitrogens is 2. The zero-order valence-corrected chi connectivity index (χ0v) is 29.2. The van der Waals surface area contributed by atoms with Crippen LogP contribution in [0.5, 0.6) is 0 Å². The number of hydrogen-bond acceptors (Lipinski definition) is 4. The minimum atomic E-state index is -1.46. The number of pyridine rings is 2. The van der Waals surface area contributed by atoms with Gasteiger partial charge in [0.05, 0.1) is 13.6 Å². The molecule has 4 aromatic rings. The Morgan fingerprint density at radius 2 is 1.55 bits per heavy atom.